The fourth-order valence-electron chi connectivity index (χ4n) is 4.12. The smallest absolute Gasteiger partial charge is 0.325 e. The highest BCUT2D eigenvalue weighted by Crippen LogP contribution is 2.36. The molecule has 2 heterocycles. The minimum absolute atomic E-state index is 0.0920. The van der Waals surface area contributed by atoms with Crippen molar-refractivity contribution in [2.45, 2.75) is 26.3 Å². The third kappa shape index (κ3) is 4.64. The molecule has 35 heavy (non-hydrogen) atoms. The Morgan fingerprint density at radius 1 is 1.03 bits per heavy atom. The first-order chi connectivity index (χ1) is 16.8. The van der Waals surface area contributed by atoms with Crippen molar-refractivity contribution in [2.24, 2.45) is 0 Å². The Morgan fingerprint density at radius 2 is 1.69 bits per heavy atom. The van der Waals surface area contributed by atoms with E-state index in [2.05, 4.69) is 10.6 Å². The molecule has 1 unspecified atom stereocenters. The first-order valence-corrected chi connectivity index (χ1v) is 11.5. The van der Waals surface area contributed by atoms with E-state index < -0.39 is 29.9 Å². The van der Waals surface area contributed by atoms with Crippen LogP contribution in [-0.2, 0) is 15.1 Å². The molecular weight excluding hydrogens is 452 g/mol. The summed E-state index contributed by atoms with van der Waals surface area (Å²) in [7, 11) is 0. The number of imide groups is 1. The van der Waals surface area contributed by atoms with E-state index in [0.717, 1.165) is 4.90 Å². The van der Waals surface area contributed by atoms with Gasteiger partial charge in [0, 0.05) is 24.3 Å². The molecule has 0 aromatic heterocycles. The normalized spacial score (nSPS) is 18.8. The summed E-state index contributed by atoms with van der Waals surface area (Å²) in [6.07, 6.45) is 0. The molecular formula is C25H28N4O6. The Kier molecular flexibility index (Phi) is 6.63. The first-order valence-electron chi connectivity index (χ1n) is 11.5. The number of nitrogens with zero attached hydrogens (tertiary/aromatic N) is 2. The molecule has 2 aromatic carbocycles. The quantitative estimate of drug-likeness (QED) is 0.588. The molecule has 184 valence electrons. The van der Waals surface area contributed by atoms with Crippen LogP contribution in [0.2, 0.25) is 0 Å². The SMILES string of the molecule is CCN(CC)C(=O)c1ccc(NC(=O)CN2C(=O)NC(C)(c3ccc4c(c3)OCCO4)C2=O)cc1. The summed E-state index contributed by atoms with van der Waals surface area (Å²) < 4.78 is 11.1. The lowest BCUT2D eigenvalue weighted by atomic mass is 9.91. The molecule has 0 aliphatic carbocycles. The third-order valence-corrected chi connectivity index (χ3v) is 6.16. The van der Waals surface area contributed by atoms with Crippen LogP contribution in [0.25, 0.3) is 0 Å². The number of nitrogens with one attached hydrogen (secondary N) is 2. The number of carbonyl (C=O) groups is 4. The molecule has 0 radical (unpaired) electrons. The van der Waals surface area contributed by atoms with Crippen LogP contribution in [-0.4, -0.2) is 66.4 Å². The van der Waals surface area contributed by atoms with E-state index in [1.54, 1.807) is 54.3 Å². The van der Waals surface area contributed by atoms with Gasteiger partial charge in [0.15, 0.2) is 11.5 Å². The molecule has 4 rings (SSSR count). The van der Waals surface area contributed by atoms with Crippen molar-refractivity contribution in [1.82, 2.24) is 15.1 Å². The minimum atomic E-state index is -1.35. The lowest BCUT2D eigenvalue weighted by Crippen LogP contribution is -2.42. The Hall–Kier alpha value is -4.08. The monoisotopic (exact) mass is 480 g/mol. The second-order valence-electron chi connectivity index (χ2n) is 8.41. The molecule has 1 atom stereocenters. The molecule has 0 saturated carbocycles. The lowest BCUT2D eigenvalue weighted by molar-refractivity contribution is -0.133. The molecule has 5 amide bonds. The van der Waals surface area contributed by atoms with Crippen molar-refractivity contribution >= 4 is 29.4 Å². The van der Waals surface area contributed by atoms with Crippen LogP contribution >= 0.6 is 0 Å². The van der Waals surface area contributed by atoms with Gasteiger partial charge in [0.1, 0.15) is 25.3 Å². The van der Waals surface area contributed by atoms with E-state index in [1.165, 1.54) is 0 Å². The standard InChI is InChI=1S/C25H28N4O6/c1-4-28(5-2)22(31)16-6-9-18(10-7-16)26-21(30)15-29-23(32)25(3,27-24(29)33)17-8-11-19-20(14-17)35-13-12-34-19/h6-11,14H,4-5,12-13,15H2,1-3H3,(H,26,30)(H,27,33). The van der Waals surface area contributed by atoms with Gasteiger partial charge < -0.3 is 25.0 Å². The summed E-state index contributed by atoms with van der Waals surface area (Å²) >= 11 is 0. The van der Waals surface area contributed by atoms with E-state index >= 15 is 0 Å². The molecule has 0 spiro atoms. The molecule has 2 aliphatic heterocycles. The van der Waals surface area contributed by atoms with Crippen molar-refractivity contribution in [3.63, 3.8) is 0 Å². The third-order valence-electron chi connectivity index (χ3n) is 6.16. The highest BCUT2D eigenvalue weighted by atomic mass is 16.6. The van der Waals surface area contributed by atoms with E-state index in [0.29, 0.717) is 54.6 Å². The lowest BCUT2D eigenvalue weighted by Gasteiger charge is -2.25. The van der Waals surface area contributed by atoms with Gasteiger partial charge in [-0.3, -0.25) is 19.3 Å². The van der Waals surface area contributed by atoms with Crippen LogP contribution in [0, 0.1) is 0 Å². The maximum absolute atomic E-state index is 13.2. The second kappa shape index (κ2) is 9.65. The zero-order valence-electron chi connectivity index (χ0n) is 19.9. The molecule has 2 N–H and O–H groups in total. The Bertz CT molecular complexity index is 1160. The fourth-order valence-corrected chi connectivity index (χ4v) is 4.12. The van der Waals surface area contributed by atoms with Crippen LogP contribution < -0.4 is 20.1 Å². The van der Waals surface area contributed by atoms with E-state index in [4.69, 9.17) is 9.47 Å². The average molecular weight is 481 g/mol. The zero-order valence-corrected chi connectivity index (χ0v) is 19.9. The predicted molar refractivity (Wildman–Crippen MR) is 127 cm³/mol. The largest absolute Gasteiger partial charge is 0.486 e. The van der Waals surface area contributed by atoms with Crippen LogP contribution in [0.4, 0.5) is 10.5 Å². The number of benzene rings is 2. The number of hydrogen-bond acceptors (Lipinski definition) is 6. The zero-order chi connectivity index (χ0) is 25.2. The average Bonchev–Trinajstić information content (AvgIpc) is 3.08. The number of fused-ring (bicyclic) bond motifs is 1. The van der Waals surface area contributed by atoms with Gasteiger partial charge in [-0.1, -0.05) is 6.07 Å². The molecule has 1 saturated heterocycles. The predicted octanol–water partition coefficient (Wildman–Crippen LogP) is 2.35. The van der Waals surface area contributed by atoms with Crippen molar-refractivity contribution in [3.8, 4) is 11.5 Å². The molecule has 1 fully saturated rings. The van der Waals surface area contributed by atoms with Gasteiger partial charge in [-0.05, 0) is 62.7 Å². The summed E-state index contributed by atoms with van der Waals surface area (Å²) in [6.45, 7) is 6.99. The summed E-state index contributed by atoms with van der Waals surface area (Å²) in [5.41, 5.74) is 0.139. The van der Waals surface area contributed by atoms with Gasteiger partial charge >= 0.3 is 6.03 Å². The summed E-state index contributed by atoms with van der Waals surface area (Å²) in [5.74, 6) is -0.111. The Morgan fingerprint density at radius 3 is 2.34 bits per heavy atom. The van der Waals surface area contributed by atoms with Gasteiger partial charge in [-0.2, -0.15) is 0 Å². The molecule has 2 aliphatic rings. The maximum Gasteiger partial charge on any atom is 0.325 e. The molecule has 10 nitrogen and oxygen atoms in total. The molecule has 0 bridgehead atoms. The number of urea groups is 1. The summed E-state index contributed by atoms with van der Waals surface area (Å²) in [6, 6.07) is 10.9. The number of rotatable bonds is 7. The number of amides is 5. The number of hydrogen-bond donors (Lipinski definition) is 2. The highest BCUT2D eigenvalue weighted by molar-refractivity contribution is 6.10. The van der Waals surface area contributed by atoms with Crippen LogP contribution in [0.3, 0.4) is 0 Å². The van der Waals surface area contributed by atoms with Gasteiger partial charge in [-0.25, -0.2) is 4.79 Å². The van der Waals surface area contributed by atoms with E-state index in [9.17, 15) is 19.2 Å². The minimum Gasteiger partial charge on any atom is -0.486 e. The molecule has 2 aromatic rings. The van der Waals surface area contributed by atoms with Crippen molar-refractivity contribution in [1.29, 1.82) is 0 Å². The topological polar surface area (TPSA) is 117 Å². The number of carbonyl (C=O) groups excluding carboxylic acids is 4. The van der Waals surface area contributed by atoms with E-state index in [-0.39, 0.29) is 5.91 Å². The molecule has 10 heteroatoms. The van der Waals surface area contributed by atoms with Crippen molar-refractivity contribution in [3.05, 3.63) is 53.6 Å². The van der Waals surface area contributed by atoms with Crippen molar-refractivity contribution in [2.75, 3.05) is 38.2 Å². The Labute approximate surface area is 203 Å². The Balaban J connectivity index is 1.42. The van der Waals surface area contributed by atoms with Gasteiger partial charge in [0.2, 0.25) is 5.91 Å². The van der Waals surface area contributed by atoms with Gasteiger partial charge in [0.25, 0.3) is 11.8 Å². The fraction of sp³-hybridized carbons (Fsp3) is 0.360. The van der Waals surface area contributed by atoms with Crippen LogP contribution in [0.1, 0.15) is 36.7 Å². The summed E-state index contributed by atoms with van der Waals surface area (Å²) in [4.78, 5) is 53.4. The summed E-state index contributed by atoms with van der Waals surface area (Å²) in [5, 5.41) is 5.35. The van der Waals surface area contributed by atoms with Crippen LogP contribution in [0.15, 0.2) is 42.5 Å². The number of ether oxygens (including phenoxy) is 2. The first kappa shape index (κ1) is 24.1. The van der Waals surface area contributed by atoms with Gasteiger partial charge in [0.05, 0.1) is 0 Å². The maximum atomic E-state index is 13.2. The van der Waals surface area contributed by atoms with Crippen LogP contribution in [0.5, 0.6) is 11.5 Å². The van der Waals surface area contributed by atoms with Crippen molar-refractivity contribution < 1.29 is 28.7 Å². The highest BCUT2D eigenvalue weighted by Gasteiger charge is 2.49. The van der Waals surface area contributed by atoms with Gasteiger partial charge in [-0.15, -0.1) is 0 Å². The number of anilines is 1. The second-order valence-corrected chi connectivity index (χ2v) is 8.41. The van der Waals surface area contributed by atoms with E-state index in [1.807, 2.05) is 13.8 Å².